The molecule has 2 aromatic rings. The molecule has 0 fully saturated rings. The Kier molecular flexibility index (Phi) is 8.48. The lowest BCUT2D eigenvalue weighted by atomic mass is 10.1. The van der Waals surface area contributed by atoms with E-state index in [9.17, 15) is 31.2 Å². The number of hydrogen-bond acceptors (Lipinski definition) is 4. The van der Waals surface area contributed by atoms with E-state index in [0.717, 1.165) is 18.4 Å². The van der Waals surface area contributed by atoms with Crippen molar-refractivity contribution in [2.75, 3.05) is 24.2 Å². The molecule has 0 spiro atoms. The van der Waals surface area contributed by atoms with Gasteiger partial charge in [0.2, 0.25) is 21.8 Å². The van der Waals surface area contributed by atoms with E-state index in [4.69, 9.17) is 0 Å². The van der Waals surface area contributed by atoms with Gasteiger partial charge in [0.05, 0.1) is 17.5 Å². The lowest BCUT2D eigenvalue weighted by Gasteiger charge is -2.32. The summed E-state index contributed by atoms with van der Waals surface area (Å²) < 4.78 is 64.9. The van der Waals surface area contributed by atoms with Crippen LogP contribution in [0.2, 0.25) is 0 Å². The summed E-state index contributed by atoms with van der Waals surface area (Å²) in [5.74, 6) is -1.16. The van der Waals surface area contributed by atoms with E-state index >= 15 is 0 Å². The van der Waals surface area contributed by atoms with Gasteiger partial charge < -0.3 is 10.2 Å². The SMILES string of the molecule is CC[C@@H](C(=O)NC)N(Cc1ccccc1)C(=O)CN(c1cccc(C(F)(F)F)c1)S(C)(=O)=O. The molecule has 0 bridgehead atoms. The van der Waals surface area contributed by atoms with Gasteiger partial charge in [-0.25, -0.2) is 8.42 Å². The van der Waals surface area contributed by atoms with E-state index < -0.39 is 46.2 Å². The molecule has 1 N–H and O–H groups in total. The molecule has 0 aliphatic carbocycles. The van der Waals surface area contributed by atoms with Crippen LogP contribution < -0.4 is 9.62 Å². The maximum Gasteiger partial charge on any atom is 0.416 e. The van der Waals surface area contributed by atoms with Crippen LogP contribution in [0.25, 0.3) is 0 Å². The first-order valence-electron chi connectivity index (χ1n) is 10.1. The van der Waals surface area contributed by atoms with E-state index in [0.29, 0.717) is 15.9 Å². The van der Waals surface area contributed by atoms with Crippen molar-refractivity contribution in [1.82, 2.24) is 10.2 Å². The van der Waals surface area contributed by atoms with Crippen LogP contribution in [0.3, 0.4) is 0 Å². The minimum absolute atomic E-state index is 0.0196. The third kappa shape index (κ3) is 6.95. The van der Waals surface area contributed by atoms with Crippen molar-refractivity contribution in [2.45, 2.75) is 32.1 Å². The van der Waals surface area contributed by atoms with E-state index in [1.807, 2.05) is 0 Å². The number of rotatable bonds is 9. The Morgan fingerprint density at radius 2 is 1.70 bits per heavy atom. The molecule has 0 unspecified atom stereocenters. The molecule has 0 saturated carbocycles. The van der Waals surface area contributed by atoms with Gasteiger partial charge in [0.1, 0.15) is 12.6 Å². The van der Waals surface area contributed by atoms with Crippen LogP contribution in [0, 0.1) is 0 Å². The van der Waals surface area contributed by atoms with Gasteiger partial charge in [0.15, 0.2) is 0 Å². The van der Waals surface area contributed by atoms with Gasteiger partial charge in [0.25, 0.3) is 0 Å². The van der Waals surface area contributed by atoms with Gasteiger partial charge in [0, 0.05) is 13.6 Å². The van der Waals surface area contributed by atoms with Crippen molar-refractivity contribution in [2.24, 2.45) is 0 Å². The molecule has 7 nitrogen and oxygen atoms in total. The minimum atomic E-state index is -4.69. The molecule has 0 heterocycles. The van der Waals surface area contributed by atoms with Crippen LogP contribution in [-0.4, -0.2) is 51.0 Å². The summed E-state index contributed by atoms with van der Waals surface area (Å²) in [5.41, 5.74) is -0.634. The molecule has 1 atom stereocenters. The van der Waals surface area contributed by atoms with Crippen molar-refractivity contribution < 1.29 is 31.2 Å². The van der Waals surface area contributed by atoms with Crippen LogP contribution >= 0.6 is 0 Å². The molecule has 2 rings (SSSR count). The first-order valence-corrected chi connectivity index (χ1v) is 11.9. The standard InChI is InChI=1S/C22H26F3N3O4S/c1-4-19(21(30)26-2)27(14-16-9-6-5-7-10-16)20(29)15-28(33(3,31)32)18-12-8-11-17(13-18)22(23,24)25/h5-13,19H,4,14-15H2,1-3H3,(H,26,30)/t19-/m0/s1. The van der Waals surface area contributed by atoms with Crippen LogP contribution in [0.5, 0.6) is 0 Å². The number of nitrogens with one attached hydrogen (secondary N) is 1. The molecule has 180 valence electrons. The zero-order valence-corrected chi connectivity index (χ0v) is 19.3. The third-order valence-electron chi connectivity index (χ3n) is 4.97. The lowest BCUT2D eigenvalue weighted by Crippen LogP contribution is -2.51. The molecule has 0 radical (unpaired) electrons. The zero-order valence-electron chi connectivity index (χ0n) is 18.5. The quantitative estimate of drug-likeness (QED) is 0.592. The molecule has 33 heavy (non-hydrogen) atoms. The van der Waals surface area contributed by atoms with Crippen LogP contribution in [0.1, 0.15) is 24.5 Å². The fourth-order valence-electron chi connectivity index (χ4n) is 3.32. The number of anilines is 1. The molecule has 0 saturated heterocycles. The van der Waals surface area contributed by atoms with Crippen LogP contribution in [0.4, 0.5) is 18.9 Å². The van der Waals surface area contributed by atoms with Crippen LogP contribution in [-0.2, 0) is 32.3 Å². The highest BCUT2D eigenvalue weighted by Gasteiger charge is 2.34. The van der Waals surface area contributed by atoms with Gasteiger partial charge in [-0.2, -0.15) is 13.2 Å². The second-order valence-electron chi connectivity index (χ2n) is 7.36. The first-order chi connectivity index (χ1) is 15.4. The Balaban J connectivity index is 2.45. The van der Waals surface area contributed by atoms with Crippen molar-refractivity contribution in [3.8, 4) is 0 Å². The Hall–Kier alpha value is -3.08. The number of nitrogens with zero attached hydrogens (tertiary/aromatic N) is 2. The summed E-state index contributed by atoms with van der Waals surface area (Å²) in [6, 6.07) is 11.6. The molecule has 2 aromatic carbocycles. The maximum atomic E-state index is 13.3. The largest absolute Gasteiger partial charge is 0.416 e. The lowest BCUT2D eigenvalue weighted by molar-refractivity contribution is -0.140. The van der Waals surface area contributed by atoms with E-state index in [2.05, 4.69) is 5.32 Å². The topological polar surface area (TPSA) is 86.8 Å². The summed E-state index contributed by atoms with van der Waals surface area (Å²) in [7, 11) is -2.70. The summed E-state index contributed by atoms with van der Waals surface area (Å²) in [4.78, 5) is 27.0. The van der Waals surface area contributed by atoms with Crippen LogP contribution in [0.15, 0.2) is 54.6 Å². The van der Waals surface area contributed by atoms with E-state index in [1.165, 1.54) is 18.0 Å². The second-order valence-corrected chi connectivity index (χ2v) is 9.27. The highest BCUT2D eigenvalue weighted by Crippen LogP contribution is 2.32. The zero-order chi connectivity index (χ0) is 24.8. The van der Waals surface area contributed by atoms with Gasteiger partial charge in [-0.1, -0.05) is 43.3 Å². The molecule has 11 heteroatoms. The number of sulfonamides is 1. The summed E-state index contributed by atoms with van der Waals surface area (Å²) >= 11 is 0. The number of benzene rings is 2. The number of carbonyl (C=O) groups is 2. The smallest absolute Gasteiger partial charge is 0.357 e. The summed E-state index contributed by atoms with van der Waals surface area (Å²) in [6.45, 7) is 0.957. The number of carbonyl (C=O) groups excluding carboxylic acids is 2. The predicted octanol–water partition coefficient (Wildman–Crippen LogP) is 3.02. The minimum Gasteiger partial charge on any atom is -0.357 e. The Morgan fingerprint density at radius 1 is 1.06 bits per heavy atom. The number of alkyl halides is 3. The fourth-order valence-corrected chi connectivity index (χ4v) is 4.16. The predicted molar refractivity (Wildman–Crippen MR) is 119 cm³/mol. The molecular formula is C22H26F3N3O4S. The molecule has 2 amide bonds. The molecule has 0 aromatic heterocycles. The first kappa shape index (κ1) is 26.2. The molecule has 0 aliphatic rings. The van der Waals surface area contributed by atoms with Crippen molar-refractivity contribution >= 4 is 27.5 Å². The fraction of sp³-hybridized carbons (Fsp3) is 0.364. The highest BCUT2D eigenvalue weighted by molar-refractivity contribution is 7.92. The Labute approximate surface area is 191 Å². The van der Waals surface area contributed by atoms with Gasteiger partial charge >= 0.3 is 6.18 Å². The van der Waals surface area contributed by atoms with E-state index in [1.54, 1.807) is 37.3 Å². The van der Waals surface area contributed by atoms with Crippen molar-refractivity contribution in [3.05, 3.63) is 65.7 Å². The number of likely N-dealkylation sites (N-methyl/N-ethyl adjacent to an activating group) is 1. The molecule has 0 aliphatic heterocycles. The van der Waals surface area contributed by atoms with Crippen molar-refractivity contribution in [3.63, 3.8) is 0 Å². The number of amides is 2. The van der Waals surface area contributed by atoms with Gasteiger partial charge in [-0.05, 0) is 30.2 Å². The van der Waals surface area contributed by atoms with Gasteiger partial charge in [-0.15, -0.1) is 0 Å². The Bertz CT molecular complexity index is 1080. The summed E-state index contributed by atoms with van der Waals surface area (Å²) in [5, 5.41) is 2.49. The average Bonchev–Trinajstić information content (AvgIpc) is 2.76. The average molecular weight is 486 g/mol. The van der Waals surface area contributed by atoms with Crippen molar-refractivity contribution in [1.29, 1.82) is 0 Å². The monoisotopic (exact) mass is 485 g/mol. The maximum absolute atomic E-state index is 13.3. The Morgan fingerprint density at radius 3 is 2.21 bits per heavy atom. The number of halogens is 3. The second kappa shape index (κ2) is 10.7. The van der Waals surface area contributed by atoms with Gasteiger partial charge in [-0.3, -0.25) is 13.9 Å². The van der Waals surface area contributed by atoms with E-state index in [-0.39, 0.29) is 18.7 Å². The number of hydrogen-bond donors (Lipinski definition) is 1. The molecular weight excluding hydrogens is 459 g/mol. The third-order valence-corrected chi connectivity index (χ3v) is 6.11. The highest BCUT2D eigenvalue weighted by atomic mass is 32.2. The normalized spacial score (nSPS) is 12.7. The summed E-state index contributed by atoms with van der Waals surface area (Å²) in [6.07, 6.45) is -3.63.